The smallest absolute Gasteiger partial charge is 0.305 e. The standard InChI is InChI=1S/C22H27NO10/c1-12(24)29-11-18-20(30-13(2)25)21(31-14(3)26)19(22(33-18)32-15(4)27)23-10-16-6-8-17(28-5)9-7-16/h6-10,18-22H,11H2,1-5H3/t18?,19?,20-,21?,22-/m1/s1. The zero-order chi connectivity index (χ0) is 24.5. The molecule has 0 N–H and O–H groups in total. The molecule has 1 aliphatic rings. The van der Waals surface area contributed by atoms with Gasteiger partial charge in [0.1, 0.15) is 18.5 Å². The van der Waals surface area contributed by atoms with Gasteiger partial charge >= 0.3 is 23.9 Å². The Labute approximate surface area is 190 Å². The Morgan fingerprint density at radius 2 is 1.45 bits per heavy atom. The first kappa shape index (κ1) is 25.8. The fourth-order valence-corrected chi connectivity index (χ4v) is 3.17. The van der Waals surface area contributed by atoms with Gasteiger partial charge in [-0.2, -0.15) is 0 Å². The molecule has 180 valence electrons. The Bertz CT molecular complexity index is 882. The summed E-state index contributed by atoms with van der Waals surface area (Å²) in [6.45, 7) is 4.37. The fraction of sp³-hybridized carbons (Fsp3) is 0.500. The molecule has 1 aromatic carbocycles. The van der Waals surface area contributed by atoms with Gasteiger partial charge in [0.15, 0.2) is 18.2 Å². The van der Waals surface area contributed by atoms with Crippen LogP contribution in [0.4, 0.5) is 0 Å². The van der Waals surface area contributed by atoms with E-state index < -0.39 is 54.5 Å². The first-order valence-electron chi connectivity index (χ1n) is 10.1. The van der Waals surface area contributed by atoms with E-state index in [4.69, 9.17) is 28.4 Å². The Balaban J connectivity index is 2.45. The van der Waals surface area contributed by atoms with E-state index in [0.29, 0.717) is 11.3 Å². The molecule has 2 rings (SSSR count). The average Bonchev–Trinajstić information content (AvgIpc) is 2.73. The Kier molecular flexibility index (Phi) is 9.34. The van der Waals surface area contributed by atoms with E-state index in [-0.39, 0.29) is 6.61 Å². The second-order valence-corrected chi connectivity index (χ2v) is 7.14. The van der Waals surface area contributed by atoms with Crippen molar-refractivity contribution in [3.63, 3.8) is 0 Å². The zero-order valence-corrected chi connectivity index (χ0v) is 19.0. The second-order valence-electron chi connectivity index (χ2n) is 7.14. The van der Waals surface area contributed by atoms with Gasteiger partial charge in [0.05, 0.1) is 7.11 Å². The van der Waals surface area contributed by atoms with Crippen molar-refractivity contribution in [3.05, 3.63) is 29.8 Å². The molecule has 0 bridgehead atoms. The number of esters is 4. The third kappa shape index (κ3) is 7.86. The molecule has 1 aromatic rings. The van der Waals surface area contributed by atoms with E-state index in [0.717, 1.165) is 0 Å². The molecule has 11 nitrogen and oxygen atoms in total. The lowest BCUT2D eigenvalue weighted by molar-refractivity contribution is -0.266. The molecule has 5 atom stereocenters. The normalized spacial score (nSPS) is 24.6. The van der Waals surface area contributed by atoms with Crippen molar-refractivity contribution in [1.29, 1.82) is 0 Å². The Hall–Kier alpha value is -3.47. The summed E-state index contributed by atoms with van der Waals surface area (Å²) in [5.74, 6) is -2.00. The molecule has 0 amide bonds. The number of carbonyl (C=O) groups excluding carboxylic acids is 4. The molecule has 3 unspecified atom stereocenters. The second kappa shape index (κ2) is 12.0. The van der Waals surface area contributed by atoms with E-state index in [1.165, 1.54) is 41.0 Å². The van der Waals surface area contributed by atoms with Gasteiger partial charge in [-0.05, 0) is 29.8 Å². The van der Waals surface area contributed by atoms with E-state index in [2.05, 4.69) is 4.99 Å². The van der Waals surface area contributed by atoms with Crippen LogP contribution in [0.3, 0.4) is 0 Å². The minimum atomic E-state index is -1.31. The first-order chi connectivity index (χ1) is 15.6. The topological polar surface area (TPSA) is 136 Å². The minimum absolute atomic E-state index is 0.336. The van der Waals surface area contributed by atoms with Gasteiger partial charge in [-0.1, -0.05) is 0 Å². The highest BCUT2D eigenvalue weighted by Gasteiger charge is 2.51. The van der Waals surface area contributed by atoms with E-state index in [1.807, 2.05) is 0 Å². The van der Waals surface area contributed by atoms with Crippen LogP contribution < -0.4 is 4.74 Å². The largest absolute Gasteiger partial charge is 0.497 e. The van der Waals surface area contributed by atoms with Crippen LogP contribution in [0.1, 0.15) is 33.3 Å². The first-order valence-corrected chi connectivity index (χ1v) is 10.1. The van der Waals surface area contributed by atoms with Gasteiger partial charge in [-0.15, -0.1) is 0 Å². The van der Waals surface area contributed by atoms with Crippen LogP contribution >= 0.6 is 0 Å². The summed E-state index contributed by atoms with van der Waals surface area (Å²) < 4.78 is 32.0. The molecular weight excluding hydrogens is 438 g/mol. The number of methoxy groups -OCH3 is 1. The van der Waals surface area contributed by atoms with Gasteiger partial charge in [0.2, 0.25) is 6.29 Å². The highest BCUT2D eigenvalue weighted by molar-refractivity contribution is 5.80. The van der Waals surface area contributed by atoms with Crippen molar-refractivity contribution in [3.8, 4) is 5.75 Å². The van der Waals surface area contributed by atoms with Gasteiger partial charge in [0, 0.05) is 33.9 Å². The van der Waals surface area contributed by atoms with Gasteiger partial charge in [-0.3, -0.25) is 24.2 Å². The van der Waals surface area contributed by atoms with E-state index >= 15 is 0 Å². The fourth-order valence-electron chi connectivity index (χ4n) is 3.17. The number of ether oxygens (including phenoxy) is 6. The van der Waals surface area contributed by atoms with Gasteiger partial charge in [0.25, 0.3) is 0 Å². The number of hydrogen-bond donors (Lipinski definition) is 0. The lowest BCUT2D eigenvalue weighted by atomic mass is 9.96. The third-order valence-electron chi connectivity index (χ3n) is 4.46. The quantitative estimate of drug-likeness (QED) is 0.313. The third-order valence-corrected chi connectivity index (χ3v) is 4.46. The highest BCUT2D eigenvalue weighted by Crippen LogP contribution is 2.30. The highest BCUT2D eigenvalue weighted by atomic mass is 16.7. The van der Waals surface area contributed by atoms with Crippen LogP contribution in [-0.4, -0.2) is 74.5 Å². The maximum absolute atomic E-state index is 11.9. The molecule has 1 fully saturated rings. The molecule has 33 heavy (non-hydrogen) atoms. The van der Waals surface area contributed by atoms with Gasteiger partial charge < -0.3 is 28.4 Å². The molecule has 0 aliphatic carbocycles. The lowest BCUT2D eigenvalue weighted by Crippen LogP contribution is -2.61. The average molecular weight is 465 g/mol. The Morgan fingerprint density at radius 3 is 1.97 bits per heavy atom. The molecule has 1 heterocycles. The lowest BCUT2D eigenvalue weighted by Gasteiger charge is -2.42. The summed E-state index contributed by atoms with van der Waals surface area (Å²) in [6, 6.07) is 5.84. The number of aliphatic imine (C=N–C) groups is 1. The SMILES string of the molecule is COc1ccc(C=NC2C(OC(C)=O)[C@H](OC(C)=O)C(COC(C)=O)O[C@H]2OC(C)=O)cc1. The molecule has 1 saturated heterocycles. The predicted molar refractivity (Wildman–Crippen MR) is 113 cm³/mol. The predicted octanol–water partition coefficient (Wildman–Crippen LogP) is 1.20. The number of rotatable bonds is 8. The van der Waals surface area contributed by atoms with E-state index in [9.17, 15) is 19.2 Å². The summed E-state index contributed by atoms with van der Waals surface area (Å²) in [4.78, 5) is 51.1. The molecule has 0 radical (unpaired) electrons. The van der Waals surface area contributed by atoms with Crippen molar-refractivity contribution in [2.75, 3.05) is 13.7 Å². The summed E-state index contributed by atoms with van der Waals surface area (Å²) >= 11 is 0. The van der Waals surface area contributed by atoms with Crippen LogP contribution in [0.5, 0.6) is 5.75 Å². The zero-order valence-electron chi connectivity index (χ0n) is 19.0. The number of carbonyl (C=O) groups is 4. The number of benzene rings is 1. The van der Waals surface area contributed by atoms with Crippen molar-refractivity contribution in [1.82, 2.24) is 0 Å². The van der Waals surface area contributed by atoms with Crippen molar-refractivity contribution >= 4 is 30.1 Å². The molecule has 0 aromatic heterocycles. The van der Waals surface area contributed by atoms with Crippen molar-refractivity contribution < 1.29 is 47.6 Å². The van der Waals surface area contributed by atoms with Crippen LogP contribution in [0.25, 0.3) is 0 Å². The molecule has 0 spiro atoms. The number of nitrogens with zero attached hydrogens (tertiary/aromatic N) is 1. The van der Waals surface area contributed by atoms with Crippen molar-refractivity contribution in [2.24, 2.45) is 4.99 Å². The molecular formula is C22H27NO10. The van der Waals surface area contributed by atoms with Crippen LogP contribution in [0.2, 0.25) is 0 Å². The van der Waals surface area contributed by atoms with Crippen LogP contribution in [0, 0.1) is 0 Å². The van der Waals surface area contributed by atoms with Crippen LogP contribution in [0.15, 0.2) is 29.3 Å². The molecule has 1 aliphatic heterocycles. The maximum Gasteiger partial charge on any atom is 0.305 e. The van der Waals surface area contributed by atoms with Gasteiger partial charge in [-0.25, -0.2) is 0 Å². The maximum atomic E-state index is 11.9. The summed E-state index contributed by atoms with van der Waals surface area (Å²) in [6.07, 6.45) is -3.31. The summed E-state index contributed by atoms with van der Waals surface area (Å²) in [5, 5.41) is 0. The summed E-state index contributed by atoms with van der Waals surface area (Å²) in [7, 11) is 1.54. The number of hydrogen-bond acceptors (Lipinski definition) is 11. The molecule has 11 heteroatoms. The monoisotopic (exact) mass is 465 g/mol. The van der Waals surface area contributed by atoms with E-state index in [1.54, 1.807) is 24.3 Å². The van der Waals surface area contributed by atoms with Crippen molar-refractivity contribution in [2.45, 2.75) is 58.3 Å². The molecule has 0 saturated carbocycles. The minimum Gasteiger partial charge on any atom is -0.497 e. The van der Waals surface area contributed by atoms with Crippen LogP contribution in [-0.2, 0) is 42.9 Å². The summed E-state index contributed by atoms with van der Waals surface area (Å²) in [5.41, 5.74) is 0.671. The Morgan fingerprint density at radius 1 is 0.879 bits per heavy atom.